The average molecular weight is 328 g/mol. The molecule has 4 nitrogen and oxygen atoms in total. The summed E-state index contributed by atoms with van der Waals surface area (Å²) in [6, 6.07) is 3.97. The molecule has 3 rings (SSSR count). The first-order chi connectivity index (χ1) is 10.1. The number of benzene rings is 1. The number of hydrazone groups is 1. The Morgan fingerprint density at radius 1 is 1.29 bits per heavy atom. The largest absolute Gasteiger partial charge is 0.488 e. The lowest BCUT2D eigenvalue weighted by Gasteiger charge is -2.26. The number of piperidine rings is 1. The molecule has 0 saturated carbocycles. The second-order valence-corrected chi connectivity index (χ2v) is 6.57. The molecule has 1 fully saturated rings. The predicted molar refractivity (Wildman–Crippen MR) is 86.5 cm³/mol. The van der Waals surface area contributed by atoms with Crippen molar-refractivity contribution in [1.82, 2.24) is 10.7 Å². The third-order valence-electron chi connectivity index (χ3n) is 3.83. The van der Waals surface area contributed by atoms with Crippen LogP contribution in [-0.2, 0) is 0 Å². The molecule has 2 aliphatic rings. The molecular weight excluding hydrogens is 309 g/mol. The van der Waals surface area contributed by atoms with Crippen LogP contribution in [0.15, 0.2) is 17.2 Å². The van der Waals surface area contributed by atoms with Gasteiger partial charge < -0.3 is 15.5 Å². The van der Waals surface area contributed by atoms with E-state index >= 15 is 0 Å². The standard InChI is InChI=1S/C15H19Cl2N3O/c1-8(2)21-15-11(16)5-9(6-12(15)17)14-10-7-18-4-3-13(10)19-20-14/h5-6,8,10,14,18,20H,3-4,7H2,1-2H3. The van der Waals surface area contributed by atoms with Crippen molar-refractivity contribution in [3.8, 4) is 5.75 Å². The van der Waals surface area contributed by atoms with E-state index in [-0.39, 0.29) is 12.1 Å². The minimum absolute atomic E-state index is 0.0351. The van der Waals surface area contributed by atoms with Gasteiger partial charge in [-0.25, -0.2) is 0 Å². The highest BCUT2D eigenvalue weighted by molar-refractivity contribution is 6.37. The van der Waals surface area contributed by atoms with Crippen molar-refractivity contribution in [1.29, 1.82) is 0 Å². The fourth-order valence-corrected chi connectivity index (χ4v) is 3.48. The summed E-state index contributed by atoms with van der Waals surface area (Å²) in [6.07, 6.45) is 1.03. The maximum atomic E-state index is 6.34. The molecule has 0 spiro atoms. The van der Waals surface area contributed by atoms with E-state index in [0.717, 1.165) is 25.1 Å². The molecule has 0 amide bonds. The molecule has 2 aliphatic heterocycles. The molecule has 0 aliphatic carbocycles. The third-order valence-corrected chi connectivity index (χ3v) is 4.39. The van der Waals surface area contributed by atoms with E-state index in [1.807, 2.05) is 26.0 Å². The Morgan fingerprint density at radius 2 is 2.00 bits per heavy atom. The minimum atomic E-state index is 0.0351. The summed E-state index contributed by atoms with van der Waals surface area (Å²) < 4.78 is 5.67. The van der Waals surface area contributed by atoms with Gasteiger partial charge in [-0.3, -0.25) is 0 Å². The number of hydrogen-bond acceptors (Lipinski definition) is 4. The molecule has 2 unspecified atom stereocenters. The Hall–Kier alpha value is -0.970. The maximum Gasteiger partial charge on any atom is 0.156 e. The topological polar surface area (TPSA) is 45.6 Å². The number of ether oxygens (including phenoxy) is 1. The lowest BCUT2D eigenvalue weighted by atomic mass is 9.87. The molecule has 6 heteroatoms. The molecule has 114 valence electrons. The summed E-state index contributed by atoms with van der Waals surface area (Å²) >= 11 is 12.7. The van der Waals surface area contributed by atoms with Gasteiger partial charge in [0, 0.05) is 31.1 Å². The van der Waals surface area contributed by atoms with Crippen LogP contribution in [0, 0.1) is 5.92 Å². The van der Waals surface area contributed by atoms with E-state index in [0.29, 0.717) is 21.7 Å². The highest BCUT2D eigenvalue weighted by Gasteiger charge is 2.34. The second kappa shape index (κ2) is 6.03. The van der Waals surface area contributed by atoms with Gasteiger partial charge in [0.15, 0.2) is 5.75 Å². The van der Waals surface area contributed by atoms with Crippen molar-refractivity contribution in [2.45, 2.75) is 32.4 Å². The van der Waals surface area contributed by atoms with Gasteiger partial charge in [0.2, 0.25) is 0 Å². The Labute approximate surface area is 134 Å². The normalized spacial score (nSPS) is 24.5. The fourth-order valence-electron chi connectivity index (χ4n) is 2.88. The van der Waals surface area contributed by atoms with E-state index in [9.17, 15) is 0 Å². The summed E-state index contributed by atoms with van der Waals surface area (Å²) in [6.45, 7) is 5.82. The molecule has 1 aromatic carbocycles. The molecular formula is C15H19Cl2N3O. The zero-order valence-corrected chi connectivity index (χ0v) is 13.6. The number of hydrogen-bond donors (Lipinski definition) is 2. The molecule has 0 bridgehead atoms. The van der Waals surface area contributed by atoms with Crippen LogP contribution >= 0.6 is 23.2 Å². The van der Waals surface area contributed by atoms with Crippen LogP contribution in [0.3, 0.4) is 0 Å². The van der Waals surface area contributed by atoms with Crippen LogP contribution < -0.4 is 15.5 Å². The van der Waals surface area contributed by atoms with Gasteiger partial charge in [-0.2, -0.15) is 5.10 Å². The van der Waals surface area contributed by atoms with Gasteiger partial charge in [-0.15, -0.1) is 0 Å². The second-order valence-electron chi connectivity index (χ2n) is 5.75. The first-order valence-corrected chi connectivity index (χ1v) is 8.00. The van der Waals surface area contributed by atoms with E-state index < -0.39 is 0 Å². The summed E-state index contributed by atoms with van der Waals surface area (Å²) in [7, 11) is 0. The van der Waals surface area contributed by atoms with Crippen LogP contribution in [0.4, 0.5) is 0 Å². The summed E-state index contributed by atoms with van der Waals surface area (Å²) in [5, 5.41) is 8.96. The van der Waals surface area contributed by atoms with Crippen LogP contribution in [0.1, 0.15) is 31.9 Å². The molecule has 0 radical (unpaired) electrons. The SMILES string of the molecule is CC(C)Oc1c(Cl)cc(C2NN=C3CCNCC32)cc1Cl. The van der Waals surface area contributed by atoms with Crippen LogP contribution in [-0.4, -0.2) is 24.9 Å². The van der Waals surface area contributed by atoms with Crippen molar-refractivity contribution in [3.63, 3.8) is 0 Å². The number of halogens is 2. The smallest absolute Gasteiger partial charge is 0.156 e. The third kappa shape index (κ3) is 2.98. The minimum Gasteiger partial charge on any atom is -0.488 e. The highest BCUT2D eigenvalue weighted by Crippen LogP contribution is 2.39. The van der Waals surface area contributed by atoms with Crippen molar-refractivity contribution < 1.29 is 4.74 Å². The van der Waals surface area contributed by atoms with Gasteiger partial charge in [0.1, 0.15) is 0 Å². The van der Waals surface area contributed by atoms with E-state index in [2.05, 4.69) is 15.8 Å². The zero-order valence-electron chi connectivity index (χ0n) is 12.1. The Balaban J connectivity index is 1.87. The van der Waals surface area contributed by atoms with Crippen molar-refractivity contribution in [3.05, 3.63) is 27.7 Å². The maximum absolute atomic E-state index is 6.34. The Kier molecular flexibility index (Phi) is 4.29. The monoisotopic (exact) mass is 327 g/mol. The molecule has 1 aromatic rings. The first-order valence-electron chi connectivity index (χ1n) is 7.24. The Morgan fingerprint density at radius 3 is 2.67 bits per heavy atom. The fraction of sp³-hybridized carbons (Fsp3) is 0.533. The number of nitrogens with zero attached hydrogens (tertiary/aromatic N) is 1. The lowest BCUT2D eigenvalue weighted by molar-refractivity contribution is 0.242. The lowest BCUT2D eigenvalue weighted by Crippen LogP contribution is -2.38. The summed E-state index contributed by atoms with van der Waals surface area (Å²) in [5.41, 5.74) is 5.50. The molecule has 2 N–H and O–H groups in total. The van der Waals surface area contributed by atoms with Gasteiger partial charge in [-0.05, 0) is 31.5 Å². The van der Waals surface area contributed by atoms with Crippen LogP contribution in [0.5, 0.6) is 5.75 Å². The number of nitrogens with one attached hydrogen (secondary N) is 2. The van der Waals surface area contributed by atoms with Crippen molar-refractivity contribution >= 4 is 28.9 Å². The van der Waals surface area contributed by atoms with Gasteiger partial charge in [0.05, 0.1) is 22.2 Å². The van der Waals surface area contributed by atoms with E-state index in [4.69, 9.17) is 27.9 Å². The highest BCUT2D eigenvalue weighted by atomic mass is 35.5. The molecule has 1 saturated heterocycles. The van der Waals surface area contributed by atoms with E-state index in [1.165, 1.54) is 5.71 Å². The average Bonchev–Trinajstić information content (AvgIpc) is 2.86. The van der Waals surface area contributed by atoms with Crippen molar-refractivity contribution in [2.75, 3.05) is 13.1 Å². The quantitative estimate of drug-likeness (QED) is 0.894. The van der Waals surface area contributed by atoms with Gasteiger partial charge in [-0.1, -0.05) is 23.2 Å². The molecule has 0 aromatic heterocycles. The summed E-state index contributed by atoms with van der Waals surface area (Å²) in [4.78, 5) is 0. The van der Waals surface area contributed by atoms with Crippen LogP contribution in [0.2, 0.25) is 10.0 Å². The molecule has 2 heterocycles. The van der Waals surface area contributed by atoms with Gasteiger partial charge >= 0.3 is 0 Å². The Bertz CT molecular complexity index is 551. The van der Waals surface area contributed by atoms with Crippen molar-refractivity contribution in [2.24, 2.45) is 11.0 Å². The van der Waals surface area contributed by atoms with Gasteiger partial charge in [0.25, 0.3) is 0 Å². The summed E-state index contributed by atoms with van der Waals surface area (Å²) in [5.74, 6) is 0.917. The molecule has 2 atom stereocenters. The van der Waals surface area contributed by atoms with E-state index in [1.54, 1.807) is 0 Å². The number of rotatable bonds is 3. The van der Waals surface area contributed by atoms with Crippen LogP contribution in [0.25, 0.3) is 0 Å². The molecule has 21 heavy (non-hydrogen) atoms. The predicted octanol–water partition coefficient (Wildman–Crippen LogP) is 3.39. The number of fused-ring (bicyclic) bond motifs is 1. The zero-order chi connectivity index (χ0) is 15.0. The first kappa shape index (κ1) is 14.9.